The molecule has 28 heavy (non-hydrogen) atoms. The third-order valence-electron chi connectivity index (χ3n) is 5.12. The molecule has 4 rings (SSSR count). The van der Waals surface area contributed by atoms with Crippen LogP contribution in [0.15, 0.2) is 67.3 Å². The van der Waals surface area contributed by atoms with Gasteiger partial charge in [-0.3, -0.25) is 9.69 Å². The zero-order valence-corrected chi connectivity index (χ0v) is 15.6. The van der Waals surface area contributed by atoms with Crippen molar-refractivity contribution < 1.29 is 9.18 Å². The van der Waals surface area contributed by atoms with Crippen LogP contribution in [0.5, 0.6) is 0 Å². The van der Waals surface area contributed by atoms with Gasteiger partial charge in [0.25, 0.3) is 5.91 Å². The topological polar surface area (TPSA) is 50.2 Å². The molecule has 2 aromatic carbocycles. The quantitative estimate of drug-likeness (QED) is 0.740. The normalized spacial score (nSPS) is 17.4. The van der Waals surface area contributed by atoms with Crippen LogP contribution in [-0.2, 0) is 6.54 Å². The lowest BCUT2D eigenvalue weighted by Crippen LogP contribution is -2.47. The fraction of sp³-hybridized carbons (Fsp3) is 0.273. The minimum atomic E-state index is -0.174. The molecule has 0 saturated carbocycles. The first-order valence-corrected chi connectivity index (χ1v) is 9.54. The number of amides is 1. The van der Waals surface area contributed by atoms with Crippen molar-refractivity contribution in [2.75, 3.05) is 13.1 Å². The van der Waals surface area contributed by atoms with Crippen LogP contribution in [0.1, 0.15) is 28.8 Å². The van der Waals surface area contributed by atoms with E-state index in [1.807, 2.05) is 47.2 Å². The van der Waals surface area contributed by atoms with Crippen molar-refractivity contribution in [1.82, 2.24) is 19.8 Å². The highest BCUT2D eigenvalue weighted by Gasteiger charge is 2.22. The maximum atomic E-state index is 13.9. The van der Waals surface area contributed by atoms with Crippen molar-refractivity contribution in [3.8, 4) is 5.69 Å². The molecule has 1 aliphatic heterocycles. The number of carbonyl (C=O) groups excluding carboxylic acids is 1. The molecule has 0 aliphatic carbocycles. The summed E-state index contributed by atoms with van der Waals surface area (Å²) in [5.74, 6) is -0.249. The average molecular weight is 378 g/mol. The number of nitrogens with one attached hydrogen (secondary N) is 1. The monoisotopic (exact) mass is 378 g/mol. The lowest BCUT2D eigenvalue weighted by atomic mass is 10.0. The molecule has 0 bridgehead atoms. The first-order chi connectivity index (χ1) is 13.7. The highest BCUT2D eigenvalue weighted by atomic mass is 19.1. The number of carbonyl (C=O) groups is 1. The van der Waals surface area contributed by atoms with Gasteiger partial charge in [0.15, 0.2) is 0 Å². The minimum absolute atomic E-state index is 0.0707. The molecule has 0 spiro atoms. The second-order valence-electron chi connectivity index (χ2n) is 7.16. The summed E-state index contributed by atoms with van der Waals surface area (Å²) in [5.41, 5.74) is 2.29. The molecule has 0 radical (unpaired) electrons. The molecule has 1 amide bonds. The maximum absolute atomic E-state index is 13.9. The summed E-state index contributed by atoms with van der Waals surface area (Å²) in [7, 11) is 0. The Balaban J connectivity index is 1.35. The van der Waals surface area contributed by atoms with Crippen molar-refractivity contribution in [2.24, 2.45) is 0 Å². The van der Waals surface area contributed by atoms with Crippen LogP contribution in [0.3, 0.4) is 0 Å². The third-order valence-corrected chi connectivity index (χ3v) is 5.12. The van der Waals surface area contributed by atoms with Gasteiger partial charge >= 0.3 is 0 Å². The van der Waals surface area contributed by atoms with Gasteiger partial charge < -0.3 is 9.88 Å². The highest BCUT2D eigenvalue weighted by Crippen LogP contribution is 2.16. The molecule has 1 N–H and O–H groups in total. The summed E-state index contributed by atoms with van der Waals surface area (Å²) in [5, 5.41) is 3.13. The smallest absolute Gasteiger partial charge is 0.251 e. The van der Waals surface area contributed by atoms with E-state index >= 15 is 0 Å². The second kappa shape index (κ2) is 8.35. The first-order valence-electron chi connectivity index (χ1n) is 9.54. The fourth-order valence-electron chi connectivity index (χ4n) is 3.65. The Morgan fingerprint density at radius 3 is 2.75 bits per heavy atom. The van der Waals surface area contributed by atoms with E-state index < -0.39 is 0 Å². The molecule has 2 heterocycles. The van der Waals surface area contributed by atoms with E-state index in [2.05, 4.69) is 15.2 Å². The number of aromatic nitrogens is 2. The number of nitrogens with zero attached hydrogens (tertiary/aromatic N) is 3. The van der Waals surface area contributed by atoms with Crippen molar-refractivity contribution in [3.63, 3.8) is 0 Å². The molecule has 0 unspecified atom stereocenters. The Morgan fingerprint density at radius 1 is 1.18 bits per heavy atom. The van der Waals surface area contributed by atoms with Crippen molar-refractivity contribution >= 4 is 5.91 Å². The number of piperidine rings is 1. The SMILES string of the molecule is O=C(N[C@@H]1CCCN(Cc2ccccc2F)C1)c1ccc(-n2ccnc2)cc1. The summed E-state index contributed by atoms with van der Waals surface area (Å²) in [6.45, 7) is 2.21. The fourth-order valence-corrected chi connectivity index (χ4v) is 3.65. The molecule has 1 fully saturated rings. The zero-order valence-electron chi connectivity index (χ0n) is 15.6. The standard InChI is InChI=1S/C22H23FN4O/c23-21-6-2-1-4-18(21)14-26-12-3-5-19(15-26)25-22(28)17-7-9-20(10-8-17)27-13-11-24-16-27/h1-2,4,6-11,13,16,19H,3,5,12,14-15H2,(H,25,28)/t19-/m1/s1. The third kappa shape index (κ3) is 4.28. The Bertz CT molecular complexity index is 924. The van der Waals surface area contributed by atoms with Gasteiger partial charge in [-0.05, 0) is 49.7 Å². The summed E-state index contributed by atoms with van der Waals surface area (Å²) < 4.78 is 15.8. The Labute approximate surface area is 163 Å². The Hall–Kier alpha value is -2.99. The van der Waals surface area contributed by atoms with Gasteiger partial charge in [0, 0.05) is 48.3 Å². The van der Waals surface area contributed by atoms with Crippen molar-refractivity contribution in [2.45, 2.75) is 25.4 Å². The average Bonchev–Trinajstić information content (AvgIpc) is 3.25. The Kier molecular flexibility index (Phi) is 5.48. The van der Waals surface area contributed by atoms with Crippen molar-refractivity contribution in [1.29, 1.82) is 0 Å². The molecule has 144 valence electrons. The molecule has 1 atom stereocenters. The highest BCUT2D eigenvalue weighted by molar-refractivity contribution is 5.94. The molecule has 1 aromatic heterocycles. The zero-order chi connectivity index (χ0) is 19.3. The summed E-state index contributed by atoms with van der Waals surface area (Å²) in [6, 6.07) is 14.4. The van der Waals surface area contributed by atoms with Gasteiger partial charge in [-0.2, -0.15) is 0 Å². The van der Waals surface area contributed by atoms with E-state index in [1.54, 1.807) is 18.6 Å². The predicted octanol–water partition coefficient (Wildman–Crippen LogP) is 3.41. The van der Waals surface area contributed by atoms with E-state index in [1.165, 1.54) is 6.07 Å². The van der Waals surface area contributed by atoms with Crippen LogP contribution in [0.2, 0.25) is 0 Å². The maximum Gasteiger partial charge on any atom is 0.251 e. The molecular formula is C22H23FN4O. The molecular weight excluding hydrogens is 355 g/mol. The van der Waals surface area contributed by atoms with Crippen LogP contribution in [-0.4, -0.2) is 39.5 Å². The molecule has 1 saturated heterocycles. The van der Waals surface area contributed by atoms with Gasteiger partial charge in [0.05, 0.1) is 6.33 Å². The lowest BCUT2D eigenvalue weighted by Gasteiger charge is -2.33. The van der Waals surface area contributed by atoms with Crippen LogP contribution in [0.25, 0.3) is 5.69 Å². The summed E-state index contributed by atoms with van der Waals surface area (Å²) in [6.07, 6.45) is 7.23. The van der Waals surface area contributed by atoms with E-state index in [0.29, 0.717) is 17.7 Å². The molecule has 6 heteroatoms. The molecule has 5 nitrogen and oxygen atoms in total. The van der Waals surface area contributed by atoms with Crippen LogP contribution >= 0.6 is 0 Å². The second-order valence-corrected chi connectivity index (χ2v) is 7.16. The van der Waals surface area contributed by atoms with Gasteiger partial charge in [0.1, 0.15) is 5.82 Å². The Morgan fingerprint density at radius 2 is 2.00 bits per heavy atom. The molecule has 3 aromatic rings. The van der Waals surface area contributed by atoms with Gasteiger partial charge in [-0.25, -0.2) is 9.37 Å². The van der Waals surface area contributed by atoms with E-state index in [0.717, 1.165) is 31.6 Å². The van der Waals surface area contributed by atoms with Crippen molar-refractivity contribution in [3.05, 3.63) is 84.2 Å². The van der Waals surface area contributed by atoms with E-state index in [-0.39, 0.29) is 17.8 Å². The number of hydrogen-bond acceptors (Lipinski definition) is 3. The van der Waals surface area contributed by atoms with Crippen LogP contribution in [0.4, 0.5) is 4.39 Å². The number of rotatable bonds is 5. The largest absolute Gasteiger partial charge is 0.348 e. The number of halogens is 1. The number of imidazole rings is 1. The van der Waals surface area contributed by atoms with Gasteiger partial charge in [-0.1, -0.05) is 18.2 Å². The summed E-state index contributed by atoms with van der Waals surface area (Å²) >= 11 is 0. The molecule has 1 aliphatic rings. The van der Waals surface area contributed by atoms with E-state index in [4.69, 9.17) is 0 Å². The van der Waals surface area contributed by atoms with E-state index in [9.17, 15) is 9.18 Å². The van der Waals surface area contributed by atoms with Crippen LogP contribution < -0.4 is 5.32 Å². The van der Waals surface area contributed by atoms with Gasteiger partial charge in [-0.15, -0.1) is 0 Å². The minimum Gasteiger partial charge on any atom is -0.348 e. The summed E-state index contributed by atoms with van der Waals surface area (Å²) in [4.78, 5) is 18.9. The number of benzene rings is 2. The van der Waals surface area contributed by atoms with Gasteiger partial charge in [0.2, 0.25) is 0 Å². The first kappa shape index (κ1) is 18.4. The van der Waals surface area contributed by atoms with Crippen LogP contribution in [0, 0.1) is 5.82 Å². The number of likely N-dealkylation sites (tertiary alicyclic amines) is 1. The lowest BCUT2D eigenvalue weighted by molar-refractivity contribution is 0.0900. The predicted molar refractivity (Wildman–Crippen MR) is 106 cm³/mol. The number of hydrogen-bond donors (Lipinski definition) is 1.